The van der Waals surface area contributed by atoms with Crippen LogP contribution >= 0.6 is 0 Å². The molecule has 1 aromatic carbocycles. The molecule has 0 radical (unpaired) electrons. The SMILES string of the molecule is O=C(O)c1cccc(N2C(=O)[C@@H]3[C@H](C2=O)[C@H]2C=C[C@@H]3O2)c1. The van der Waals surface area contributed by atoms with Gasteiger partial charge >= 0.3 is 5.97 Å². The molecule has 0 saturated carbocycles. The van der Waals surface area contributed by atoms with Gasteiger partial charge in [-0.2, -0.15) is 0 Å². The summed E-state index contributed by atoms with van der Waals surface area (Å²) >= 11 is 0. The number of aromatic carboxylic acids is 1. The summed E-state index contributed by atoms with van der Waals surface area (Å²) in [6.07, 6.45) is 2.94. The normalized spacial score (nSPS) is 32.9. The lowest BCUT2D eigenvalue weighted by molar-refractivity contribution is -0.124. The molecule has 21 heavy (non-hydrogen) atoms. The number of fused-ring (bicyclic) bond motifs is 5. The van der Waals surface area contributed by atoms with Gasteiger partial charge in [0.15, 0.2) is 0 Å². The van der Waals surface area contributed by atoms with Gasteiger partial charge in [-0.1, -0.05) is 18.2 Å². The molecule has 0 spiro atoms. The molecule has 0 aliphatic carbocycles. The van der Waals surface area contributed by atoms with Crippen molar-refractivity contribution < 1.29 is 24.2 Å². The third-order valence-corrected chi connectivity index (χ3v) is 4.26. The van der Waals surface area contributed by atoms with E-state index in [1.807, 2.05) is 12.2 Å². The molecule has 2 fully saturated rings. The molecule has 0 unspecified atom stereocenters. The van der Waals surface area contributed by atoms with E-state index >= 15 is 0 Å². The van der Waals surface area contributed by atoms with Crippen molar-refractivity contribution in [2.75, 3.05) is 4.90 Å². The molecule has 1 aromatic rings. The zero-order chi connectivity index (χ0) is 14.7. The monoisotopic (exact) mass is 285 g/mol. The summed E-state index contributed by atoms with van der Waals surface area (Å²) in [5.41, 5.74) is 0.348. The Balaban J connectivity index is 1.74. The van der Waals surface area contributed by atoms with E-state index in [2.05, 4.69) is 0 Å². The van der Waals surface area contributed by atoms with Gasteiger partial charge in [0, 0.05) is 0 Å². The summed E-state index contributed by atoms with van der Waals surface area (Å²) in [5.74, 6) is -2.70. The first kappa shape index (κ1) is 12.3. The Labute approximate surface area is 119 Å². The number of benzene rings is 1. The van der Waals surface area contributed by atoms with Gasteiger partial charge in [0.25, 0.3) is 0 Å². The number of amides is 2. The Morgan fingerprint density at radius 1 is 1.10 bits per heavy atom. The van der Waals surface area contributed by atoms with Crippen LogP contribution in [0.2, 0.25) is 0 Å². The summed E-state index contributed by atoms with van der Waals surface area (Å²) in [4.78, 5) is 37.1. The Hall–Kier alpha value is -2.47. The maximum Gasteiger partial charge on any atom is 0.335 e. The molecule has 3 heterocycles. The number of carbonyl (C=O) groups is 3. The number of imide groups is 1. The molecule has 0 aromatic heterocycles. The number of nitrogens with zero attached hydrogens (tertiary/aromatic N) is 1. The number of carboxylic acids is 1. The van der Waals surface area contributed by atoms with Crippen molar-refractivity contribution in [2.45, 2.75) is 12.2 Å². The highest BCUT2D eigenvalue weighted by molar-refractivity contribution is 6.23. The summed E-state index contributed by atoms with van der Waals surface area (Å²) < 4.78 is 5.55. The molecule has 3 aliphatic rings. The zero-order valence-corrected chi connectivity index (χ0v) is 10.8. The average Bonchev–Trinajstić information content (AvgIpc) is 3.13. The van der Waals surface area contributed by atoms with Gasteiger partial charge in [-0.3, -0.25) is 9.59 Å². The van der Waals surface area contributed by atoms with Crippen molar-refractivity contribution >= 4 is 23.5 Å². The van der Waals surface area contributed by atoms with E-state index in [4.69, 9.17) is 9.84 Å². The van der Waals surface area contributed by atoms with E-state index in [-0.39, 0.29) is 29.6 Å². The zero-order valence-electron chi connectivity index (χ0n) is 10.8. The van der Waals surface area contributed by atoms with Gasteiger partial charge in [-0.05, 0) is 18.2 Å². The maximum atomic E-state index is 12.5. The standard InChI is InChI=1S/C15H11NO5/c17-13-11-9-4-5-10(21-9)12(11)14(18)16(13)8-3-1-2-7(6-8)15(19)20/h1-6,9-12H,(H,19,20)/t9-,10+,11-,12+. The predicted molar refractivity (Wildman–Crippen MR) is 70.7 cm³/mol. The van der Waals surface area contributed by atoms with Crippen LogP contribution in [0.3, 0.4) is 0 Å². The van der Waals surface area contributed by atoms with E-state index in [0.29, 0.717) is 5.69 Å². The highest BCUT2D eigenvalue weighted by Crippen LogP contribution is 2.46. The largest absolute Gasteiger partial charge is 0.478 e. The second kappa shape index (κ2) is 4.02. The third-order valence-electron chi connectivity index (χ3n) is 4.26. The molecule has 4 atom stereocenters. The van der Waals surface area contributed by atoms with E-state index in [9.17, 15) is 14.4 Å². The molecule has 4 rings (SSSR count). The minimum Gasteiger partial charge on any atom is -0.478 e. The molecule has 1 N–H and O–H groups in total. The highest BCUT2D eigenvalue weighted by atomic mass is 16.5. The van der Waals surface area contributed by atoms with E-state index in [1.54, 1.807) is 6.07 Å². The second-order valence-electron chi connectivity index (χ2n) is 5.37. The first-order valence-corrected chi connectivity index (χ1v) is 6.63. The molecule has 2 bridgehead atoms. The Kier molecular flexibility index (Phi) is 2.35. The molecule has 6 nitrogen and oxygen atoms in total. The number of hydrogen-bond donors (Lipinski definition) is 1. The van der Waals surface area contributed by atoms with Gasteiger partial charge in [0.1, 0.15) is 0 Å². The topological polar surface area (TPSA) is 83.9 Å². The Morgan fingerprint density at radius 3 is 2.29 bits per heavy atom. The summed E-state index contributed by atoms with van der Waals surface area (Å²) in [5, 5.41) is 9.02. The average molecular weight is 285 g/mol. The predicted octanol–water partition coefficient (Wildman–Crippen LogP) is 0.828. The molecule has 2 amide bonds. The second-order valence-corrected chi connectivity index (χ2v) is 5.37. The number of carbonyl (C=O) groups excluding carboxylic acids is 2. The molecule has 106 valence electrons. The van der Waals surface area contributed by atoms with Gasteiger partial charge in [0.05, 0.1) is 35.3 Å². The van der Waals surface area contributed by atoms with Crippen LogP contribution in [0.25, 0.3) is 0 Å². The lowest BCUT2D eigenvalue weighted by atomic mass is 9.85. The van der Waals surface area contributed by atoms with Crippen LogP contribution in [0, 0.1) is 11.8 Å². The van der Waals surface area contributed by atoms with Crippen molar-refractivity contribution in [3.8, 4) is 0 Å². The van der Waals surface area contributed by atoms with Crippen molar-refractivity contribution in [1.29, 1.82) is 0 Å². The molecule has 3 aliphatic heterocycles. The van der Waals surface area contributed by atoms with Crippen LogP contribution in [-0.4, -0.2) is 35.1 Å². The number of ether oxygens (including phenoxy) is 1. The van der Waals surface area contributed by atoms with E-state index in [1.165, 1.54) is 18.2 Å². The molecular weight excluding hydrogens is 274 g/mol. The number of carboxylic acid groups (broad SMARTS) is 1. The summed E-state index contributed by atoms with van der Waals surface area (Å²) in [7, 11) is 0. The van der Waals surface area contributed by atoms with Crippen LogP contribution in [0.1, 0.15) is 10.4 Å². The van der Waals surface area contributed by atoms with Crippen molar-refractivity contribution in [1.82, 2.24) is 0 Å². The molecular formula is C15H11NO5. The van der Waals surface area contributed by atoms with Gasteiger partial charge < -0.3 is 9.84 Å². The van der Waals surface area contributed by atoms with E-state index in [0.717, 1.165) is 4.90 Å². The smallest absolute Gasteiger partial charge is 0.335 e. The fraction of sp³-hybridized carbons (Fsp3) is 0.267. The highest BCUT2D eigenvalue weighted by Gasteiger charge is 2.61. The number of rotatable bonds is 2. The first-order chi connectivity index (χ1) is 10.1. The first-order valence-electron chi connectivity index (χ1n) is 6.63. The Morgan fingerprint density at radius 2 is 1.71 bits per heavy atom. The van der Waals surface area contributed by atoms with Crippen molar-refractivity contribution in [3.63, 3.8) is 0 Å². The fourth-order valence-electron chi connectivity index (χ4n) is 3.34. The van der Waals surface area contributed by atoms with Crippen LogP contribution in [0.5, 0.6) is 0 Å². The lowest BCUT2D eigenvalue weighted by Gasteiger charge is -2.17. The van der Waals surface area contributed by atoms with Crippen molar-refractivity contribution in [3.05, 3.63) is 42.0 Å². The summed E-state index contributed by atoms with van der Waals surface area (Å²) in [6, 6.07) is 5.86. The molecule has 2 saturated heterocycles. The minimum atomic E-state index is -1.10. The summed E-state index contributed by atoms with van der Waals surface area (Å²) in [6.45, 7) is 0. The van der Waals surface area contributed by atoms with Crippen LogP contribution in [0.15, 0.2) is 36.4 Å². The van der Waals surface area contributed by atoms with Gasteiger partial charge in [0.2, 0.25) is 11.8 Å². The third kappa shape index (κ3) is 1.53. The lowest BCUT2D eigenvalue weighted by Crippen LogP contribution is -2.34. The van der Waals surface area contributed by atoms with Crippen LogP contribution < -0.4 is 4.90 Å². The molecule has 6 heteroatoms. The van der Waals surface area contributed by atoms with E-state index < -0.39 is 17.8 Å². The van der Waals surface area contributed by atoms with Crippen molar-refractivity contribution in [2.24, 2.45) is 11.8 Å². The van der Waals surface area contributed by atoms with Crippen LogP contribution in [0.4, 0.5) is 5.69 Å². The maximum absolute atomic E-state index is 12.5. The number of anilines is 1. The van der Waals surface area contributed by atoms with Gasteiger partial charge in [-0.15, -0.1) is 0 Å². The van der Waals surface area contributed by atoms with Gasteiger partial charge in [-0.25, -0.2) is 9.69 Å². The van der Waals surface area contributed by atoms with Crippen LogP contribution in [-0.2, 0) is 14.3 Å². The number of hydrogen-bond acceptors (Lipinski definition) is 4. The Bertz CT molecular complexity index is 680. The minimum absolute atomic E-state index is 0.0440. The fourth-order valence-corrected chi connectivity index (χ4v) is 3.34. The quantitative estimate of drug-likeness (QED) is 0.642.